The highest BCUT2D eigenvalue weighted by molar-refractivity contribution is 9.13. The molecule has 5 heteroatoms. The molecule has 0 N–H and O–H groups in total. The first-order valence-corrected chi connectivity index (χ1v) is 6.01. The minimum Gasteiger partial charge on any atom is -0.333 e. The van der Waals surface area contributed by atoms with Crippen LogP contribution < -0.4 is 0 Å². The zero-order valence-corrected chi connectivity index (χ0v) is 10.8. The molecular formula is C8H6Br2N2S. The van der Waals surface area contributed by atoms with Crippen LogP contribution >= 0.6 is 43.2 Å². The van der Waals surface area contributed by atoms with Gasteiger partial charge in [-0.3, -0.25) is 0 Å². The Kier molecular flexibility index (Phi) is 2.58. The molecule has 2 nitrogen and oxygen atoms in total. The molecule has 68 valence electrons. The maximum Gasteiger partial charge on any atom is 0.149 e. The first kappa shape index (κ1) is 9.43. The van der Waals surface area contributed by atoms with Gasteiger partial charge in [-0.25, -0.2) is 4.98 Å². The molecule has 0 radical (unpaired) electrons. The van der Waals surface area contributed by atoms with E-state index < -0.39 is 0 Å². The van der Waals surface area contributed by atoms with E-state index in [1.165, 1.54) is 0 Å². The molecule has 2 heterocycles. The molecule has 2 rings (SSSR count). The Balaban J connectivity index is 2.53. The smallest absolute Gasteiger partial charge is 0.149 e. The van der Waals surface area contributed by atoms with Gasteiger partial charge in [0.1, 0.15) is 5.82 Å². The van der Waals surface area contributed by atoms with Crippen LogP contribution in [0, 0.1) is 0 Å². The van der Waals surface area contributed by atoms with Gasteiger partial charge in [-0.2, -0.15) is 0 Å². The molecule has 0 saturated heterocycles. The summed E-state index contributed by atoms with van der Waals surface area (Å²) in [6, 6.07) is 2.07. The van der Waals surface area contributed by atoms with E-state index in [1.807, 2.05) is 17.8 Å². The fourth-order valence-corrected chi connectivity index (χ4v) is 3.13. The Labute approximate surface area is 96.9 Å². The Hall–Kier alpha value is -0.130. The van der Waals surface area contributed by atoms with Gasteiger partial charge < -0.3 is 4.57 Å². The molecule has 0 saturated carbocycles. The SMILES string of the molecule is Cn1ccnc1-c1cc(Br)c(Br)s1. The average molecular weight is 322 g/mol. The quantitative estimate of drug-likeness (QED) is 0.783. The summed E-state index contributed by atoms with van der Waals surface area (Å²) in [4.78, 5) is 5.43. The minimum absolute atomic E-state index is 0.997. The Morgan fingerprint density at radius 1 is 1.46 bits per heavy atom. The average Bonchev–Trinajstić information content (AvgIpc) is 2.60. The summed E-state index contributed by atoms with van der Waals surface area (Å²) in [6.07, 6.45) is 3.74. The molecule has 0 aliphatic rings. The van der Waals surface area contributed by atoms with Crippen molar-refractivity contribution in [3.05, 3.63) is 26.7 Å². The molecule has 0 aromatic carbocycles. The van der Waals surface area contributed by atoms with Crippen LogP contribution in [0.4, 0.5) is 0 Å². The lowest BCUT2D eigenvalue weighted by Crippen LogP contribution is -1.87. The van der Waals surface area contributed by atoms with E-state index in [2.05, 4.69) is 42.9 Å². The van der Waals surface area contributed by atoms with Gasteiger partial charge in [-0.05, 0) is 37.9 Å². The van der Waals surface area contributed by atoms with E-state index in [0.29, 0.717) is 0 Å². The number of aromatic nitrogens is 2. The summed E-state index contributed by atoms with van der Waals surface area (Å²) in [6.45, 7) is 0. The summed E-state index contributed by atoms with van der Waals surface area (Å²) in [5, 5.41) is 0. The Bertz CT molecular complexity index is 414. The largest absolute Gasteiger partial charge is 0.333 e. The van der Waals surface area contributed by atoms with Gasteiger partial charge in [0.25, 0.3) is 0 Å². The van der Waals surface area contributed by atoms with Crippen LogP contribution in [0.3, 0.4) is 0 Å². The van der Waals surface area contributed by atoms with Crippen molar-refractivity contribution in [3.8, 4) is 10.7 Å². The molecule has 0 unspecified atom stereocenters. The van der Waals surface area contributed by atoms with Crippen LogP contribution in [0.1, 0.15) is 0 Å². The first-order valence-electron chi connectivity index (χ1n) is 3.61. The van der Waals surface area contributed by atoms with Gasteiger partial charge in [-0.1, -0.05) is 0 Å². The van der Waals surface area contributed by atoms with Gasteiger partial charge in [0.2, 0.25) is 0 Å². The number of hydrogen-bond donors (Lipinski definition) is 0. The number of rotatable bonds is 1. The van der Waals surface area contributed by atoms with E-state index in [1.54, 1.807) is 17.5 Å². The van der Waals surface area contributed by atoms with Crippen LogP contribution in [0.5, 0.6) is 0 Å². The van der Waals surface area contributed by atoms with Crippen molar-refractivity contribution in [2.75, 3.05) is 0 Å². The molecule has 13 heavy (non-hydrogen) atoms. The van der Waals surface area contributed by atoms with Gasteiger partial charge in [0, 0.05) is 23.9 Å². The fraction of sp³-hybridized carbons (Fsp3) is 0.125. The van der Waals surface area contributed by atoms with Gasteiger partial charge in [0.15, 0.2) is 0 Å². The minimum atomic E-state index is 0.997. The van der Waals surface area contributed by atoms with Gasteiger partial charge in [-0.15, -0.1) is 11.3 Å². The predicted molar refractivity (Wildman–Crippen MR) is 61.9 cm³/mol. The Morgan fingerprint density at radius 3 is 2.69 bits per heavy atom. The topological polar surface area (TPSA) is 17.8 Å². The van der Waals surface area contributed by atoms with Crippen LogP contribution in [-0.4, -0.2) is 9.55 Å². The first-order chi connectivity index (χ1) is 6.18. The van der Waals surface area contributed by atoms with Crippen molar-refractivity contribution < 1.29 is 0 Å². The number of imidazole rings is 1. The fourth-order valence-electron chi connectivity index (χ4n) is 1.06. The molecular weight excluding hydrogens is 316 g/mol. The molecule has 0 spiro atoms. The second-order valence-electron chi connectivity index (χ2n) is 2.59. The van der Waals surface area contributed by atoms with E-state index in [9.17, 15) is 0 Å². The predicted octanol–water partition coefficient (Wildman–Crippen LogP) is 3.67. The Morgan fingerprint density at radius 2 is 2.23 bits per heavy atom. The lowest BCUT2D eigenvalue weighted by molar-refractivity contribution is 0.928. The van der Waals surface area contributed by atoms with Crippen molar-refractivity contribution in [1.29, 1.82) is 0 Å². The molecule has 0 amide bonds. The summed E-state index contributed by atoms with van der Waals surface area (Å²) < 4.78 is 4.19. The van der Waals surface area contributed by atoms with E-state index in [0.717, 1.165) is 19.0 Å². The summed E-state index contributed by atoms with van der Waals surface area (Å²) >= 11 is 8.59. The monoisotopic (exact) mass is 320 g/mol. The number of hydrogen-bond acceptors (Lipinski definition) is 2. The number of halogens is 2. The summed E-state index contributed by atoms with van der Waals surface area (Å²) in [5.74, 6) is 0.997. The van der Waals surface area contributed by atoms with Crippen LogP contribution in [0.2, 0.25) is 0 Å². The molecule has 0 aliphatic carbocycles. The van der Waals surface area contributed by atoms with Gasteiger partial charge in [0.05, 0.1) is 8.66 Å². The lowest BCUT2D eigenvalue weighted by Gasteiger charge is -1.95. The normalized spacial score (nSPS) is 10.7. The van der Waals surface area contributed by atoms with E-state index in [-0.39, 0.29) is 0 Å². The second-order valence-corrected chi connectivity index (χ2v) is 5.82. The number of aryl methyl sites for hydroxylation is 1. The highest BCUT2D eigenvalue weighted by atomic mass is 79.9. The third-order valence-corrected chi connectivity index (χ3v) is 4.94. The number of thiophene rings is 1. The molecule has 2 aromatic rings. The molecule has 2 aromatic heterocycles. The molecule has 0 aliphatic heterocycles. The third kappa shape index (κ3) is 1.73. The second kappa shape index (κ2) is 3.55. The van der Waals surface area contributed by atoms with Crippen LogP contribution in [0.25, 0.3) is 10.7 Å². The maximum atomic E-state index is 4.27. The standard InChI is InChI=1S/C8H6Br2N2S/c1-12-3-2-11-8(12)6-4-5(9)7(10)13-6/h2-4H,1H3. The van der Waals surface area contributed by atoms with Crippen molar-refractivity contribution in [2.45, 2.75) is 0 Å². The zero-order valence-electron chi connectivity index (χ0n) is 6.79. The molecule has 0 bridgehead atoms. The van der Waals surface area contributed by atoms with Crippen molar-refractivity contribution in [2.24, 2.45) is 7.05 Å². The van der Waals surface area contributed by atoms with Gasteiger partial charge >= 0.3 is 0 Å². The van der Waals surface area contributed by atoms with Crippen LogP contribution in [-0.2, 0) is 7.05 Å². The highest BCUT2D eigenvalue weighted by Gasteiger charge is 2.09. The lowest BCUT2D eigenvalue weighted by atomic mass is 10.4. The van der Waals surface area contributed by atoms with E-state index in [4.69, 9.17) is 0 Å². The van der Waals surface area contributed by atoms with Crippen molar-refractivity contribution in [3.63, 3.8) is 0 Å². The highest BCUT2D eigenvalue weighted by Crippen LogP contribution is 2.37. The summed E-state index contributed by atoms with van der Waals surface area (Å²) in [7, 11) is 1.99. The molecule has 0 atom stereocenters. The van der Waals surface area contributed by atoms with Crippen LogP contribution in [0.15, 0.2) is 26.7 Å². The summed E-state index contributed by atoms with van der Waals surface area (Å²) in [5.41, 5.74) is 0. The molecule has 0 fully saturated rings. The van der Waals surface area contributed by atoms with Crippen molar-refractivity contribution >= 4 is 43.2 Å². The third-order valence-electron chi connectivity index (χ3n) is 1.69. The maximum absolute atomic E-state index is 4.27. The van der Waals surface area contributed by atoms with E-state index >= 15 is 0 Å². The van der Waals surface area contributed by atoms with Crippen molar-refractivity contribution in [1.82, 2.24) is 9.55 Å². The zero-order chi connectivity index (χ0) is 9.42. The number of nitrogens with zero attached hydrogens (tertiary/aromatic N) is 2.